The van der Waals surface area contributed by atoms with Crippen LogP contribution in [0.2, 0.25) is 0 Å². The summed E-state index contributed by atoms with van der Waals surface area (Å²) in [4.78, 5) is 11.6. The van der Waals surface area contributed by atoms with Crippen LogP contribution in [0.3, 0.4) is 0 Å². The molecule has 1 aliphatic rings. The largest absolute Gasteiger partial charge is 0.396 e. The van der Waals surface area contributed by atoms with E-state index >= 15 is 0 Å². The van der Waals surface area contributed by atoms with Crippen molar-refractivity contribution in [1.29, 1.82) is 0 Å². The zero-order valence-electron chi connectivity index (χ0n) is 11.3. The highest BCUT2D eigenvalue weighted by Gasteiger charge is 2.14. The van der Waals surface area contributed by atoms with E-state index in [0.717, 1.165) is 36.8 Å². The van der Waals surface area contributed by atoms with Gasteiger partial charge in [0.2, 0.25) is 5.91 Å². The van der Waals surface area contributed by atoms with E-state index in [1.165, 1.54) is 32.1 Å². The molecule has 1 amide bonds. The van der Waals surface area contributed by atoms with E-state index in [1.807, 2.05) is 0 Å². The van der Waals surface area contributed by atoms with Crippen molar-refractivity contribution in [3.63, 3.8) is 0 Å². The molecule has 2 N–H and O–H groups in total. The monoisotopic (exact) mass is 273 g/mol. The standard InChI is InChI=1S/C14H27NO2S/c16-10-4-11-18-12-9-15-14(17)8-7-13-5-2-1-3-6-13/h13,16H,1-12H2,(H,15,17). The molecule has 4 heteroatoms. The molecule has 0 heterocycles. The molecule has 0 aromatic rings. The van der Waals surface area contributed by atoms with Gasteiger partial charge in [-0.2, -0.15) is 11.8 Å². The summed E-state index contributed by atoms with van der Waals surface area (Å²) in [6.45, 7) is 1.03. The van der Waals surface area contributed by atoms with Gasteiger partial charge in [0.05, 0.1) is 0 Å². The summed E-state index contributed by atoms with van der Waals surface area (Å²) < 4.78 is 0. The van der Waals surface area contributed by atoms with Crippen LogP contribution in [0.15, 0.2) is 0 Å². The zero-order chi connectivity index (χ0) is 13.1. The fraction of sp³-hybridized carbons (Fsp3) is 0.929. The molecular formula is C14H27NO2S. The first-order valence-electron chi connectivity index (χ1n) is 7.28. The molecular weight excluding hydrogens is 246 g/mol. The molecule has 0 aromatic heterocycles. The van der Waals surface area contributed by atoms with Crippen molar-refractivity contribution in [3.8, 4) is 0 Å². The van der Waals surface area contributed by atoms with Crippen LogP contribution in [-0.2, 0) is 4.79 Å². The lowest BCUT2D eigenvalue weighted by atomic mass is 9.86. The fourth-order valence-corrected chi connectivity index (χ4v) is 3.21. The maximum absolute atomic E-state index is 11.6. The molecule has 0 saturated heterocycles. The molecule has 3 nitrogen and oxygen atoms in total. The van der Waals surface area contributed by atoms with Gasteiger partial charge in [0, 0.05) is 25.3 Å². The van der Waals surface area contributed by atoms with Gasteiger partial charge in [-0.05, 0) is 24.5 Å². The minimum Gasteiger partial charge on any atom is -0.396 e. The summed E-state index contributed by atoms with van der Waals surface area (Å²) in [6.07, 6.45) is 9.36. The third-order valence-corrected chi connectivity index (χ3v) is 4.59. The van der Waals surface area contributed by atoms with Crippen molar-refractivity contribution >= 4 is 17.7 Å². The highest BCUT2D eigenvalue weighted by atomic mass is 32.2. The van der Waals surface area contributed by atoms with E-state index in [1.54, 1.807) is 11.8 Å². The topological polar surface area (TPSA) is 49.3 Å². The predicted molar refractivity (Wildman–Crippen MR) is 77.8 cm³/mol. The van der Waals surface area contributed by atoms with Gasteiger partial charge in [-0.15, -0.1) is 0 Å². The molecule has 0 spiro atoms. The number of nitrogens with one attached hydrogen (secondary N) is 1. The normalized spacial score (nSPS) is 16.7. The quantitative estimate of drug-likeness (QED) is 0.635. The second-order valence-corrected chi connectivity index (χ2v) is 6.31. The second kappa shape index (κ2) is 10.7. The minimum atomic E-state index is 0.211. The molecule has 1 aliphatic carbocycles. The summed E-state index contributed by atoms with van der Waals surface area (Å²) in [5.41, 5.74) is 0. The summed E-state index contributed by atoms with van der Waals surface area (Å²) in [7, 11) is 0. The lowest BCUT2D eigenvalue weighted by molar-refractivity contribution is -0.121. The van der Waals surface area contributed by atoms with Crippen LogP contribution in [-0.4, -0.2) is 35.7 Å². The minimum absolute atomic E-state index is 0.211. The van der Waals surface area contributed by atoms with Gasteiger partial charge in [0.25, 0.3) is 0 Å². The highest BCUT2D eigenvalue weighted by molar-refractivity contribution is 7.99. The number of hydrogen-bond donors (Lipinski definition) is 2. The number of carbonyl (C=O) groups excluding carboxylic acids is 1. The number of aliphatic hydroxyl groups is 1. The Kier molecular flexibility index (Phi) is 9.40. The number of rotatable bonds is 9. The average Bonchev–Trinajstić information content (AvgIpc) is 2.41. The Labute approximate surface area is 115 Å². The van der Waals surface area contributed by atoms with Crippen molar-refractivity contribution < 1.29 is 9.90 Å². The van der Waals surface area contributed by atoms with E-state index < -0.39 is 0 Å². The molecule has 0 aromatic carbocycles. The van der Waals surface area contributed by atoms with Crippen LogP contribution >= 0.6 is 11.8 Å². The lowest BCUT2D eigenvalue weighted by Gasteiger charge is -2.20. The fourth-order valence-electron chi connectivity index (χ4n) is 2.43. The third kappa shape index (κ3) is 7.98. The number of amides is 1. The van der Waals surface area contributed by atoms with Crippen LogP contribution in [0.25, 0.3) is 0 Å². The Hall–Kier alpha value is -0.220. The van der Waals surface area contributed by atoms with E-state index in [2.05, 4.69) is 5.32 Å². The molecule has 0 radical (unpaired) electrons. The number of carbonyl (C=O) groups is 1. The Morgan fingerprint density at radius 1 is 1.22 bits per heavy atom. The average molecular weight is 273 g/mol. The smallest absolute Gasteiger partial charge is 0.220 e. The third-order valence-electron chi connectivity index (χ3n) is 3.52. The van der Waals surface area contributed by atoms with Crippen molar-refractivity contribution in [1.82, 2.24) is 5.32 Å². The lowest BCUT2D eigenvalue weighted by Crippen LogP contribution is -2.26. The first-order chi connectivity index (χ1) is 8.83. The van der Waals surface area contributed by atoms with Gasteiger partial charge in [0.1, 0.15) is 0 Å². The summed E-state index contributed by atoms with van der Waals surface area (Å²) in [6, 6.07) is 0. The highest BCUT2D eigenvalue weighted by Crippen LogP contribution is 2.27. The number of thioether (sulfide) groups is 1. The van der Waals surface area contributed by atoms with Gasteiger partial charge < -0.3 is 10.4 Å². The van der Waals surface area contributed by atoms with Gasteiger partial charge >= 0.3 is 0 Å². The first-order valence-corrected chi connectivity index (χ1v) is 8.43. The Balaban J connectivity index is 1.90. The molecule has 1 saturated carbocycles. The molecule has 0 aliphatic heterocycles. The summed E-state index contributed by atoms with van der Waals surface area (Å²) >= 11 is 1.79. The van der Waals surface area contributed by atoms with E-state index in [9.17, 15) is 4.79 Å². The first kappa shape index (κ1) is 15.8. The van der Waals surface area contributed by atoms with Crippen molar-refractivity contribution in [2.45, 2.75) is 51.4 Å². The van der Waals surface area contributed by atoms with Gasteiger partial charge in [-0.25, -0.2) is 0 Å². The van der Waals surface area contributed by atoms with Crippen LogP contribution in [0.5, 0.6) is 0 Å². The van der Waals surface area contributed by atoms with E-state index in [-0.39, 0.29) is 12.5 Å². The molecule has 0 atom stereocenters. The van der Waals surface area contributed by atoms with Crippen LogP contribution in [0.1, 0.15) is 51.4 Å². The number of hydrogen-bond acceptors (Lipinski definition) is 3. The molecule has 106 valence electrons. The maximum atomic E-state index is 11.6. The van der Waals surface area contributed by atoms with Crippen LogP contribution < -0.4 is 5.32 Å². The Morgan fingerprint density at radius 3 is 2.72 bits per heavy atom. The Morgan fingerprint density at radius 2 is 2.00 bits per heavy atom. The molecule has 18 heavy (non-hydrogen) atoms. The number of aliphatic hydroxyl groups excluding tert-OH is 1. The van der Waals surface area contributed by atoms with Crippen molar-refractivity contribution in [2.24, 2.45) is 5.92 Å². The van der Waals surface area contributed by atoms with Crippen LogP contribution in [0, 0.1) is 5.92 Å². The van der Waals surface area contributed by atoms with E-state index in [0.29, 0.717) is 6.42 Å². The second-order valence-electron chi connectivity index (χ2n) is 5.08. The molecule has 0 bridgehead atoms. The van der Waals surface area contributed by atoms with Gasteiger partial charge in [-0.3, -0.25) is 4.79 Å². The molecule has 0 unspecified atom stereocenters. The van der Waals surface area contributed by atoms with Crippen molar-refractivity contribution in [2.75, 3.05) is 24.7 Å². The zero-order valence-corrected chi connectivity index (χ0v) is 12.1. The van der Waals surface area contributed by atoms with Crippen molar-refractivity contribution in [3.05, 3.63) is 0 Å². The molecule has 1 rings (SSSR count). The molecule has 1 fully saturated rings. The SMILES string of the molecule is O=C(CCC1CCCCC1)NCCSCCCO. The summed E-state index contributed by atoms with van der Waals surface area (Å²) in [5, 5.41) is 11.6. The van der Waals surface area contributed by atoms with E-state index in [4.69, 9.17) is 5.11 Å². The Bertz CT molecular complexity index is 218. The predicted octanol–water partition coefficient (Wildman–Crippen LogP) is 2.58. The van der Waals surface area contributed by atoms with Gasteiger partial charge in [-0.1, -0.05) is 32.1 Å². The van der Waals surface area contributed by atoms with Crippen LogP contribution in [0.4, 0.5) is 0 Å². The van der Waals surface area contributed by atoms with Gasteiger partial charge in [0.15, 0.2) is 0 Å². The summed E-state index contributed by atoms with van der Waals surface area (Å²) in [5.74, 6) is 2.94. The maximum Gasteiger partial charge on any atom is 0.220 e.